The third kappa shape index (κ3) is 3.22. The summed E-state index contributed by atoms with van der Waals surface area (Å²) in [4.78, 5) is 15.0. The number of aromatic nitrogens is 5. The minimum absolute atomic E-state index is 0.0359. The monoisotopic (exact) mass is 453 g/mol. The molecule has 1 unspecified atom stereocenters. The summed E-state index contributed by atoms with van der Waals surface area (Å²) in [6.07, 6.45) is -0.933. The predicted octanol–water partition coefficient (Wildman–Crippen LogP) is 2.95. The van der Waals surface area contributed by atoms with E-state index >= 15 is 0 Å². The number of nitrogens with two attached hydrogens (primary N) is 1. The van der Waals surface area contributed by atoms with E-state index in [-0.39, 0.29) is 18.2 Å². The Morgan fingerprint density at radius 1 is 1.15 bits per heavy atom. The Hall–Kier alpha value is -3.60. The van der Waals surface area contributed by atoms with Crippen LogP contribution in [0.5, 0.6) is 11.5 Å². The zero-order valence-corrected chi connectivity index (χ0v) is 18.0. The fourth-order valence-electron chi connectivity index (χ4n) is 4.52. The lowest BCUT2D eigenvalue weighted by atomic mass is 10.1. The highest BCUT2D eigenvalue weighted by atomic mass is 19.3. The molecule has 6 rings (SSSR count). The minimum atomic E-state index is -2.57. The molecule has 9 nitrogen and oxygen atoms in total. The van der Waals surface area contributed by atoms with Crippen molar-refractivity contribution < 1.29 is 18.3 Å². The van der Waals surface area contributed by atoms with E-state index in [2.05, 4.69) is 20.1 Å². The topological polar surface area (TPSA) is 104 Å². The first-order valence-corrected chi connectivity index (χ1v) is 10.6. The van der Waals surface area contributed by atoms with Gasteiger partial charge in [-0.25, -0.2) is 18.7 Å². The number of halogens is 2. The quantitative estimate of drug-likeness (QED) is 0.503. The number of anilines is 1. The van der Waals surface area contributed by atoms with Crippen molar-refractivity contribution in [3.8, 4) is 11.5 Å². The summed E-state index contributed by atoms with van der Waals surface area (Å²) in [6.45, 7) is 4.38. The van der Waals surface area contributed by atoms with Gasteiger partial charge in [-0.3, -0.25) is 9.88 Å². The molecule has 3 aromatic heterocycles. The number of hydrogen-bond acceptors (Lipinski definition) is 8. The summed E-state index contributed by atoms with van der Waals surface area (Å²) in [7, 11) is 0. The molecule has 0 radical (unpaired) electrons. The van der Waals surface area contributed by atoms with E-state index in [0.717, 1.165) is 11.3 Å². The highest BCUT2D eigenvalue weighted by Gasteiger charge is 2.36. The lowest BCUT2D eigenvalue weighted by Gasteiger charge is -2.25. The summed E-state index contributed by atoms with van der Waals surface area (Å²) in [5.41, 5.74) is 8.87. The van der Waals surface area contributed by atoms with Crippen LogP contribution in [-0.2, 0) is 19.5 Å². The third-order valence-corrected chi connectivity index (χ3v) is 6.00. The van der Waals surface area contributed by atoms with Gasteiger partial charge in [0, 0.05) is 44.9 Å². The molecular weight excluding hydrogens is 432 g/mol. The van der Waals surface area contributed by atoms with E-state index in [1.165, 1.54) is 4.52 Å². The molecule has 0 fully saturated rings. The largest absolute Gasteiger partial charge is 0.449 e. The highest BCUT2D eigenvalue weighted by molar-refractivity contribution is 5.97. The molecule has 4 aromatic rings. The van der Waals surface area contributed by atoms with Crippen molar-refractivity contribution in [2.75, 3.05) is 5.73 Å². The van der Waals surface area contributed by atoms with Crippen molar-refractivity contribution in [1.82, 2.24) is 29.5 Å². The summed E-state index contributed by atoms with van der Waals surface area (Å²) in [6, 6.07) is 6.25. The Kier molecular flexibility index (Phi) is 4.22. The van der Waals surface area contributed by atoms with Gasteiger partial charge in [0.05, 0.1) is 11.7 Å². The lowest BCUT2D eigenvalue weighted by molar-refractivity contribution is -0.0426. The Bertz CT molecular complexity index is 1380. The van der Waals surface area contributed by atoms with Crippen LogP contribution in [0.3, 0.4) is 0 Å². The molecule has 1 aromatic carbocycles. The van der Waals surface area contributed by atoms with Gasteiger partial charge in [0.1, 0.15) is 5.52 Å². The first kappa shape index (κ1) is 20.0. The number of ether oxygens (including phenoxy) is 2. The van der Waals surface area contributed by atoms with Crippen LogP contribution in [0.1, 0.15) is 30.9 Å². The molecule has 0 aliphatic carbocycles. The van der Waals surface area contributed by atoms with Gasteiger partial charge < -0.3 is 15.2 Å². The molecule has 0 amide bonds. The molecule has 5 heterocycles. The molecule has 1 atom stereocenters. The highest BCUT2D eigenvalue weighted by Crippen LogP contribution is 2.44. The van der Waals surface area contributed by atoms with Crippen LogP contribution in [0.4, 0.5) is 14.7 Å². The second kappa shape index (κ2) is 6.95. The Balaban J connectivity index is 1.37. The zero-order valence-electron chi connectivity index (χ0n) is 18.0. The van der Waals surface area contributed by atoms with E-state index in [9.17, 15) is 8.78 Å². The van der Waals surface area contributed by atoms with Gasteiger partial charge in [-0.15, -0.1) is 5.10 Å². The number of nitrogen functional groups attached to an aromatic ring is 1. The molecule has 33 heavy (non-hydrogen) atoms. The van der Waals surface area contributed by atoms with Gasteiger partial charge in [0.25, 0.3) is 6.43 Å². The third-order valence-electron chi connectivity index (χ3n) is 6.00. The number of hydrogen-bond donors (Lipinski definition) is 1. The predicted molar refractivity (Wildman–Crippen MR) is 115 cm³/mol. The fraction of sp³-hybridized carbons (Fsp3) is 0.364. The summed E-state index contributed by atoms with van der Waals surface area (Å²) in [5.74, 6) is 0.560. The van der Waals surface area contributed by atoms with Gasteiger partial charge in [0.15, 0.2) is 23.0 Å². The van der Waals surface area contributed by atoms with Crippen LogP contribution in [0.25, 0.3) is 16.6 Å². The fourth-order valence-corrected chi connectivity index (χ4v) is 4.52. The number of nitrogens with zero attached hydrogens (tertiary/aromatic N) is 6. The number of alkyl halides is 2. The van der Waals surface area contributed by atoms with Crippen molar-refractivity contribution in [1.29, 1.82) is 0 Å². The molecular formula is C22H21F2N7O2. The van der Waals surface area contributed by atoms with Gasteiger partial charge in [-0.2, -0.15) is 4.52 Å². The van der Waals surface area contributed by atoms with Gasteiger partial charge >= 0.3 is 0 Å². The summed E-state index contributed by atoms with van der Waals surface area (Å²) >= 11 is 0. The van der Waals surface area contributed by atoms with Crippen molar-refractivity contribution in [3.63, 3.8) is 0 Å². The van der Waals surface area contributed by atoms with E-state index in [4.69, 9.17) is 15.2 Å². The van der Waals surface area contributed by atoms with Crippen LogP contribution >= 0.6 is 0 Å². The molecule has 2 aliphatic heterocycles. The summed E-state index contributed by atoms with van der Waals surface area (Å²) < 4.78 is 41.2. The van der Waals surface area contributed by atoms with Crippen molar-refractivity contribution in [2.45, 2.75) is 51.6 Å². The maximum Gasteiger partial charge on any atom is 0.254 e. The van der Waals surface area contributed by atoms with Gasteiger partial charge in [-0.1, -0.05) is 6.07 Å². The first-order valence-electron chi connectivity index (χ1n) is 10.6. The molecule has 0 saturated heterocycles. The molecule has 170 valence electrons. The standard InChI is InChI=1S/C22H21F2N7O2/c1-22(2)32-15-6-5-12-17(18(15)33-22)28-21(25)31-20(12)27-16(29-31)8-14(19(23)24)30-9-11-4-3-7-26-13(11)10-30/h3-7,14,19H,8-10H2,1-2H3,(H2,25,28). The van der Waals surface area contributed by atoms with Crippen molar-refractivity contribution in [3.05, 3.63) is 47.5 Å². The van der Waals surface area contributed by atoms with Crippen molar-refractivity contribution in [2.24, 2.45) is 0 Å². The van der Waals surface area contributed by atoms with Gasteiger partial charge in [0.2, 0.25) is 11.7 Å². The van der Waals surface area contributed by atoms with Crippen LogP contribution in [-0.4, -0.2) is 47.7 Å². The smallest absolute Gasteiger partial charge is 0.254 e. The zero-order chi connectivity index (χ0) is 22.9. The minimum Gasteiger partial charge on any atom is -0.449 e. The number of fused-ring (bicyclic) bond motifs is 6. The molecule has 2 aliphatic rings. The molecule has 11 heteroatoms. The Labute approximate surface area is 187 Å². The van der Waals surface area contributed by atoms with Gasteiger partial charge in [-0.05, 0) is 23.8 Å². The molecule has 0 saturated carbocycles. The Morgan fingerprint density at radius 3 is 2.79 bits per heavy atom. The van der Waals surface area contributed by atoms with Crippen LogP contribution in [0, 0.1) is 0 Å². The van der Waals surface area contributed by atoms with E-state index < -0.39 is 18.3 Å². The maximum absolute atomic E-state index is 14.1. The van der Waals surface area contributed by atoms with E-state index in [1.807, 2.05) is 12.1 Å². The van der Waals surface area contributed by atoms with Crippen LogP contribution < -0.4 is 15.2 Å². The Morgan fingerprint density at radius 2 is 2.00 bits per heavy atom. The average Bonchev–Trinajstić information content (AvgIpc) is 3.45. The second-order valence-electron chi connectivity index (χ2n) is 8.75. The number of pyridine rings is 1. The molecule has 0 bridgehead atoms. The maximum atomic E-state index is 14.1. The normalized spacial score (nSPS) is 17.8. The molecule has 0 spiro atoms. The molecule has 2 N–H and O–H groups in total. The van der Waals surface area contributed by atoms with Crippen LogP contribution in [0.2, 0.25) is 0 Å². The first-order chi connectivity index (χ1) is 15.8. The second-order valence-corrected chi connectivity index (χ2v) is 8.75. The SMILES string of the molecule is CC1(C)Oc2ccc3c(nc(N)n4nc(CC(C(F)F)N5Cc6cccnc6C5)nc34)c2O1. The summed E-state index contributed by atoms with van der Waals surface area (Å²) in [5, 5.41) is 5.05. The van der Waals surface area contributed by atoms with E-state index in [1.54, 1.807) is 37.1 Å². The van der Waals surface area contributed by atoms with Crippen molar-refractivity contribution >= 4 is 22.5 Å². The number of benzene rings is 1. The average molecular weight is 453 g/mol. The number of rotatable bonds is 4. The lowest BCUT2D eigenvalue weighted by Crippen LogP contribution is -2.38. The van der Waals surface area contributed by atoms with E-state index in [0.29, 0.717) is 41.1 Å². The van der Waals surface area contributed by atoms with Crippen LogP contribution in [0.15, 0.2) is 30.5 Å².